The largest absolute Gasteiger partial charge is 0.379 e. The molecule has 0 radical (unpaired) electrons. The van der Waals surface area contributed by atoms with Gasteiger partial charge in [0.2, 0.25) is 0 Å². The topological polar surface area (TPSA) is 95.4 Å². The summed E-state index contributed by atoms with van der Waals surface area (Å²) in [6.07, 6.45) is 4.68. The van der Waals surface area contributed by atoms with Crippen LogP contribution in [-0.2, 0) is 23.2 Å². The molecular weight excluding hydrogens is 436 g/mol. The summed E-state index contributed by atoms with van der Waals surface area (Å²) in [6, 6.07) is 5.50. The van der Waals surface area contributed by atoms with E-state index in [0.717, 1.165) is 17.8 Å². The lowest BCUT2D eigenvalue weighted by Gasteiger charge is -2.33. The second-order valence-corrected chi connectivity index (χ2v) is 10.0. The summed E-state index contributed by atoms with van der Waals surface area (Å²) in [7, 11) is 0. The molecule has 4 rings (SSSR count). The number of thioether (sulfide) groups is 1. The highest BCUT2D eigenvalue weighted by Crippen LogP contribution is 2.38. The Morgan fingerprint density at radius 1 is 1.41 bits per heavy atom. The number of Topliss-reactive ketones (excluding diaryl/α,β-unsaturated/α-hetero) is 1. The van der Waals surface area contributed by atoms with E-state index in [1.807, 2.05) is 30.7 Å². The van der Waals surface area contributed by atoms with Gasteiger partial charge in [0.25, 0.3) is 0 Å². The molecule has 0 bridgehead atoms. The first-order chi connectivity index (χ1) is 15.2. The third kappa shape index (κ3) is 5.53. The first kappa shape index (κ1) is 22.8. The van der Waals surface area contributed by atoms with Crippen LogP contribution in [0.4, 0.5) is 8.78 Å². The smallest absolute Gasteiger partial charge is 0.345 e. The Hall–Kier alpha value is -2.33. The molecule has 0 aromatic carbocycles. The molecular formula is C22H27F2N5O2S. The Balaban J connectivity index is 1.51. The molecule has 3 heterocycles. The van der Waals surface area contributed by atoms with Gasteiger partial charge >= 0.3 is 6.61 Å². The summed E-state index contributed by atoms with van der Waals surface area (Å²) >= 11 is 1.23. The molecule has 2 aliphatic rings. The molecule has 10 heteroatoms. The Kier molecular flexibility index (Phi) is 6.62. The van der Waals surface area contributed by atoms with E-state index in [4.69, 9.17) is 5.73 Å². The van der Waals surface area contributed by atoms with Gasteiger partial charge in [-0.25, -0.2) is 4.99 Å². The van der Waals surface area contributed by atoms with Crippen LogP contribution in [0.1, 0.15) is 53.6 Å². The van der Waals surface area contributed by atoms with Crippen molar-refractivity contribution in [1.29, 1.82) is 0 Å². The van der Waals surface area contributed by atoms with Crippen LogP contribution in [0.15, 0.2) is 29.4 Å². The van der Waals surface area contributed by atoms with Crippen molar-refractivity contribution < 1.29 is 18.3 Å². The van der Waals surface area contributed by atoms with E-state index in [1.54, 1.807) is 12.3 Å². The van der Waals surface area contributed by atoms with Crippen LogP contribution >= 0.6 is 11.8 Å². The number of carbonyl (C=O) groups is 1. The van der Waals surface area contributed by atoms with Gasteiger partial charge in [0.05, 0.1) is 18.0 Å². The highest BCUT2D eigenvalue weighted by Gasteiger charge is 2.36. The lowest BCUT2D eigenvalue weighted by Crippen LogP contribution is -2.36. The molecule has 1 aliphatic carbocycles. The molecule has 2 aromatic rings. The van der Waals surface area contributed by atoms with Gasteiger partial charge in [0, 0.05) is 24.4 Å². The minimum Gasteiger partial charge on any atom is -0.379 e. The molecule has 172 valence electrons. The van der Waals surface area contributed by atoms with Crippen LogP contribution in [0.5, 0.6) is 0 Å². The number of aromatic nitrogens is 3. The van der Waals surface area contributed by atoms with Crippen molar-refractivity contribution in [2.24, 2.45) is 16.6 Å². The number of rotatable bonds is 9. The molecule has 2 atom stereocenters. The first-order valence-corrected chi connectivity index (χ1v) is 11.5. The zero-order valence-electron chi connectivity index (χ0n) is 18.1. The molecule has 0 saturated heterocycles. The van der Waals surface area contributed by atoms with Crippen molar-refractivity contribution in [2.45, 2.75) is 63.5 Å². The van der Waals surface area contributed by atoms with E-state index >= 15 is 0 Å². The highest BCUT2D eigenvalue weighted by atomic mass is 32.2. The van der Waals surface area contributed by atoms with Crippen molar-refractivity contribution in [2.75, 3.05) is 6.61 Å². The summed E-state index contributed by atoms with van der Waals surface area (Å²) in [4.78, 5) is 22.1. The Bertz CT molecular complexity index is 1020. The van der Waals surface area contributed by atoms with E-state index in [9.17, 15) is 13.6 Å². The van der Waals surface area contributed by atoms with Gasteiger partial charge in [0.1, 0.15) is 11.2 Å². The number of ketones is 1. The SMILES string of the molecule is Cc1cc(C(=O)Cc2ccnc([C@]3(C)C[C@@H](COC(F)F)SC(N)=N3)c2)n(CC2CC2)n1. The van der Waals surface area contributed by atoms with Gasteiger partial charge in [-0.1, -0.05) is 11.8 Å². The van der Waals surface area contributed by atoms with Crippen molar-refractivity contribution in [3.63, 3.8) is 0 Å². The van der Waals surface area contributed by atoms with Gasteiger partial charge in [-0.3, -0.25) is 14.5 Å². The molecule has 1 fully saturated rings. The number of aliphatic imine (C=N–C) groups is 1. The maximum Gasteiger partial charge on any atom is 0.345 e. The number of ether oxygens (including phenoxy) is 1. The number of halogens is 2. The van der Waals surface area contributed by atoms with Crippen LogP contribution < -0.4 is 5.73 Å². The standard InChI is InChI=1S/C22H27F2N5O2S/c1-13-7-17(29(28-13)11-14-3-4-14)18(30)8-15-5-6-26-19(9-15)22(2)10-16(12-31-20(23)24)32-21(25)27-22/h5-7,9,14,16,20H,3-4,8,10-12H2,1-2H3,(H2,25,27)/t16-,22-/m0/s1. The molecule has 2 aromatic heterocycles. The fourth-order valence-corrected chi connectivity index (χ4v) is 5.16. The Morgan fingerprint density at radius 2 is 2.19 bits per heavy atom. The number of carbonyl (C=O) groups excluding carboxylic acids is 1. The minimum atomic E-state index is -2.83. The fourth-order valence-electron chi connectivity index (χ4n) is 4.01. The quantitative estimate of drug-likeness (QED) is 0.570. The Morgan fingerprint density at radius 3 is 2.91 bits per heavy atom. The summed E-state index contributed by atoms with van der Waals surface area (Å²) < 4.78 is 31.3. The predicted molar refractivity (Wildman–Crippen MR) is 119 cm³/mol. The number of nitrogens with zero attached hydrogens (tertiary/aromatic N) is 4. The van der Waals surface area contributed by atoms with E-state index in [-0.39, 0.29) is 24.1 Å². The lowest BCUT2D eigenvalue weighted by molar-refractivity contribution is -0.128. The number of hydrogen-bond donors (Lipinski definition) is 1. The zero-order valence-corrected chi connectivity index (χ0v) is 18.9. The molecule has 0 unspecified atom stereocenters. The number of amidine groups is 1. The van der Waals surface area contributed by atoms with Crippen molar-refractivity contribution in [3.8, 4) is 0 Å². The van der Waals surface area contributed by atoms with Gasteiger partial charge in [-0.2, -0.15) is 13.9 Å². The molecule has 2 N–H and O–H groups in total. The first-order valence-electron chi connectivity index (χ1n) is 10.7. The Labute approximate surface area is 189 Å². The number of aryl methyl sites for hydroxylation is 1. The summed E-state index contributed by atoms with van der Waals surface area (Å²) in [6.45, 7) is 1.59. The summed E-state index contributed by atoms with van der Waals surface area (Å²) in [5.74, 6) is 0.613. The predicted octanol–water partition coefficient (Wildman–Crippen LogP) is 3.70. The zero-order chi connectivity index (χ0) is 22.9. The third-order valence-corrected chi connectivity index (χ3v) is 6.70. The highest BCUT2D eigenvalue weighted by molar-refractivity contribution is 8.14. The monoisotopic (exact) mass is 463 g/mol. The van der Waals surface area contributed by atoms with Crippen LogP contribution in [0.3, 0.4) is 0 Å². The fraction of sp³-hybridized carbons (Fsp3) is 0.545. The second-order valence-electron chi connectivity index (χ2n) is 8.71. The number of nitrogens with two attached hydrogens (primary N) is 1. The maximum atomic E-state index is 13.1. The van der Waals surface area contributed by atoms with Crippen molar-refractivity contribution in [1.82, 2.24) is 14.8 Å². The van der Waals surface area contributed by atoms with E-state index in [1.165, 1.54) is 24.6 Å². The van der Waals surface area contributed by atoms with E-state index < -0.39 is 12.2 Å². The third-order valence-electron chi connectivity index (χ3n) is 5.73. The second kappa shape index (κ2) is 9.27. The summed E-state index contributed by atoms with van der Waals surface area (Å²) in [5, 5.41) is 4.53. The minimum absolute atomic E-state index is 0.000946. The van der Waals surface area contributed by atoms with Gasteiger partial charge in [-0.05, 0) is 62.8 Å². The van der Waals surface area contributed by atoms with Crippen molar-refractivity contribution >= 4 is 22.7 Å². The van der Waals surface area contributed by atoms with Gasteiger partial charge in [-0.15, -0.1) is 0 Å². The van der Waals surface area contributed by atoms with E-state index in [2.05, 4.69) is 19.8 Å². The number of alkyl halides is 2. The molecule has 1 aliphatic heterocycles. The molecule has 7 nitrogen and oxygen atoms in total. The van der Waals surface area contributed by atoms with Gasteiger partial charge < -0.3 is 10.5 Å². The van der Waals surface area contributed by atoms with Crippen LogP contribution in [0.25, 0.3) is 0 Å². The lowest BCUT2D eigenvalue weighted by atomic mass is 9.90. The number of hydrogen-bond acceptors (Lipinski definition) is 7. The molecule has 0 amide bonds. The van der Waals surface area contributed by atoms with Crippen LogP contribution in [0.2, 0.25) is 0 Å². The van der Waals surface area contributed by atoms with Crippen LogP contribution in [0, 0.1) is 12.8 Å². The molecule has 1 saturated carbocycles. The average molecular weight is 464 g/mol. The normalized spacial score (nSPS) is 23.4. The summed E-state index contributed by atoms with van der Waals surface area (Å²) in [5.41, 5.74) is 8.11. The maximum absolute atomic E-state index is 13.1. The molecule has 0 spiro atoms. The molecule has 32 heavy (non-hydrogen) atoms. The van der Waals surface area contributed by atoms with Crippen LogP contribution in [-0.4, -0.2) is 44.2 Å². The average Bonchev–Trinajstić information content (AvgIpc) is 3.46. The van der Waals surface area contributed by atoms with Gasteiger partial charge in [0.15, 0.2) is 11.0 Å². The van der Waals surface area contributed by atoms with E-state index in [0.29, 0.717) is 28.9 Å². The number of pyridine rings is 1. The van der Waals surface area contributed by atoms with Crippen molar-refractivity contribution in [3.05, 3.63) is 47.0 Å².